The molecule has 0 aromatic carbocycles. The van der Waals surface area contributed by atoms with Crippen molar-refractivity contribution in [3.05, 3.63) is 11.2 Å². The molecule has 0 bridgehead atoms. The third-order valence-corrected chi connectivity index (χ3v) is 2.08. The van der Waals surface area contributed by atoms with E-state index in [9.17, 15) is 0 Å². The summed E-state index contributed by atoms with van der Waals surface area (Å²) in [6.07, 6.45) is 2.36. The van der Waals surface area contributed by atoms with Crippen LogP contribution in [0.25, 0.3) is 0 Å². The van der Waals surface area contributed by atoms with Gasteiger partial charge in [0.25, 0.3) is 0 Å². The number of aromatic nitrogens is 2. The zero-order chi connectivity index (χ0) is 11.5. The molecule has 5 heteroatoms. The van der Waals surface area contributed by atoms with E-state index in [4.69, 9.17) is 22.1 Å². The van der Waals surface area contributed by atoms with Crippen molar-refractivity contribution in [1.82, 2.24) is 9.97 Å². The van der Waals surface area contributed by atoms with Gasteiger partial charge in [-0.3, -0.25) is 0 Å². The molecule has 1 aromatic rings. The molecule has 15 heavy (non-hydrogen) atoms. The van der Waals surface area contributed by atoms with E-state index in [2.05, 4.69) is 30.7 Å². The van der Waals surface area contributed by atoms with Crippen LogP contribution in [0.2, 0.25) is 5.02 Å². The van der Waals surface area contributed by atoms with Gasteiger partial charge in [0.2, 0.25) is 11.8 Å². The van der Waals surface area contributed by atoms with Gasteiger partial charge in [-0.2, -0.15) is 4.98 Å². The van der Waals surface area contributed by atoms with Gasteiger partial charge in [-0.1, -0.05) is 32.4 Å². The van der Waals surface area contributed by atoms with Crippen LogP contribution in [-0.4, -0.2) is 16.6 Å². The Kier molecular flexibility index (Phi) is 3.74. The van der Waals surface area contributed by atoms with E-state index in [-0.39, 0.29) is 11.4 Å². The van der Waals surface area contributed by atoms with Gasteiger partial charge in [0.1, 0.15) is 5.02 Å². The maximum atomic E-state index is 5.84. The molecule has 0 atom stereocenters. The zero-order valence-corrected chi connectivity index (χ0v) is 10.0. The summed E-state index contributed by atoms with van der Waals surface area (Å²) < 4.78 is 5.43. The second-order valence-corrected chi connectivity index (χ2v) is 4.95. The van der Waals surface area contributed by atoms with Gasteiger partial charge in [-0.05, 0) is 11.8 Å². The summed E-state index contributed by atoms with van der Waals surface area (Å²) in [6, 6.07) is 0. The van der Waals surface area contributed by atoms with E-state index in [0.29, 0.717) is 17.5 Å². The molecule has 1 aromatic heterocycles. The summed E-state index contributed by atoms with van der Waals surface area (Å²) in [6.45, 7) is 7.00. The van der Waals surface area contributed by atoms with Crippen LogP contribution in [0.3, 0.4) is 0 Å². The smallest absolute Gasteiger partial charge is 0.237 e. The van der Waals surface area contributed by atoms with Gasteiger partial charge in [0, 0.05) is 0 Å². The summed E-state index contributed by atoms with van der Waals surface area (Å²) in [5.74, 6) is 0.526. The zero-order valence-electron chi connectivity index (χ0n) is 9.25. The number of hydrogen-bond donors (Lipinski definition) is 1. The van der Waals surface area contributed by atoms with Crippen molar-refractivity contribution < 1.29 is 4.74 Å². The van der Waals surface area contributed by atoms with Crippen LogP contribution < -0.4 is 10.5 Å². The highest BCUT2D eigenvalue weighted by Gasteiger charge is 2.11. The second kappa shape index (κ2) is 4.66. The van der Waals surface area contributed by atoms with Crippen LogP contribution in [0.5, 0.6) is 5.88 Å². The standard InChI is InChI=1S/C10H16ClN3O/c1-10(2,3)4-5-15-8-7(11)6-13-9(12)14-8/h6H,4-5H2,1-3H3,(H2,12,13,14). The topological polar surface area (TPSA) is 61.0 Å². The van der Waals surface area contributed by atoms with Gasteiger partial charge in [0.15, 0.2) is 0 Å². The van der Waals surface area contributed by atoms with Crippen LogP contribution in [-0.2, 0) is 0 Å². The molecule has 0 aliphatic carbocycles. The highest BCUT2D eigenvalue weighted by atomic mass is 35.5. The van der Waals surface area contributed by atoms with Crippen LogP contribution in [0.4, 0.5) is 5.95 Å². The fourth-order valence-corrected chi connectivity index (χ4v) is 1.07. The summed E-state index contributed by atoms with van der Waals surface area (Å²) in [5, 5.41) is 0.387. The highest BCUT2D eigenvalue weighted by Crippen LogP contribution is 2.23. The Bertz CT molecular complexity index is 336. The predicted molar refractivity (Wildman–Crippen MR) is 61.0 cm³/mol. The van der Waals surface area contributed by atoms with Crippen molar-refractivity contribution in [2.24, 2.45) is 5.41 Å². The number of halogens is 1. The molecule has 1 rings (SSSR count). The molecule has 0 radical (unpaired) electrons. The number of anilines is 1. The number of nitrogens with two attached hydrogens (primary N) is 1. The molecule has 84 valence electrons. The minimum absolute atomic E-state index is 0.171. The second-order valence-electron chi connectivity index (χ2n) is 4.54. The number of hydrogen-bond acceptors (Lipinski definition) is 4. The average molecular weight is 230 g/mol. The van der Waals surface area contributed by atoms with E-state index >= 15 is 0 Å². The molecule has 0 amide bonds. The molecular weight excluding hydrogens is 214 g/mol. The normalized spacial score (nSPS) is 11.5. The third-order valence-electron chi connectivity index (χ3n) is 1.82. The first-order chi connectivity index (χ1) is 6.88. The lowest BCUT2D eigenvalue weighted by atomic mass is 9.93. The van der Waals surface area contributed by atoms with E-state index in [1.807, 2.05) is 0 Å². The summed E-state index contributed by atoms with van der Waals surface area (Å²) in [5.41, 5.74) is 5.65. The molecule has 0 saturated carbocycles. The Balaban J connectivity index is 2.54. The lowest BCUT2D eigenvalue weighted by Gasteiger charge is -2.17. The molecule has 0 saturated heterocycles. The van der Waals surface area contributed by atoms with E-state index in [0.717, 1.165) is 6.42 Å². The Morgan fingerprint density at radius 2 is 2.13 bits per heavy atom. The average Bonchev–Trinajstić information content (AvgIpc) is 2.09. The van der Waals surface area contributed by atoms with E-state index < -0.39 is 0 Å². The first-order valence-corrected chi connectivity index (χ1v) is 5.17. The lowest BCUT2D eigenvalue weighted by molar-refractivity contribution is 0.236. The first-order valence-electron chi connectivity index (χ1n) is 4.79. The Hall–Kier alpha value is -1.03. The van der Waals surface area contributed by atoms with Crippen LogP contribution in [0.1, 0.15) is 27.2 Å². The van der Waals surface area contributed by atoms with Gasteiger partial charge < -0.3 is 10.5 Å². The lowest BCUT2D eigenvalue weighted by Crippen LogP contribution is -2.12. The van der Waals surface area contributed by atoms with Crippen molar-refractivity contribution >= 4 is 17.5 Å². The molecule has 0 unspecified atom stereocenters. The van der Waals surface area contributed by atoms with Crippen molar-refractivity contribution in [3.63, 3.8) is 0 Å². The molecule has 0 spiro atoms. The first kappa shape index (κ1) is 12.0. The van der Waals surface area contributed by atoms with Crippen molar-refractivity contribution in [3.8, 4) is 5.88 Å². The SMILES string of the molecule is CC(C)(C)CCOc1nc(N)ncc1Cl. The minimum atomic E-state index is 0.171. The number of ether oxygens (including phenoxy) is 1. The van der Waals surface area contributed by atoms with Crippen molar-refractivity contribution in [2.45, 2.75) is 27.2 Å². The number of nitrogen functional groups attached to an aromatic ring is 1. The Morgan fingerprint density at radius 1 is 1.47 bits per heavy atom. The van der Waals surface area contributed by atoms with Gasteiger partial charge in [0.05, 0.1) is 12.8 Å². The fourth-order valence-electron chi connectivity index (χ4n) is 0.919. The van der Waals surface area contributed by atoms with E-state index in [1.165, 1.54) is 6.20 Å². The quantitative estimate of drug-likeness (QED) is 0.865. The van der Waals surface area contributed by atoms with Gasteiger partial charge in [-0.15, -0.1) is 0 Å². The van der Waals surface area contributed by atoms with Crippen LogP contribution in [0, 0.1) is 5.41 Å². The van der Waals surface area contributed by atoms with Crippen LogP contribution >= 0.6 is 11.6 Å². The summed E-state index contributed by atoms with van der Waals surface area (Å²) >= 11 is 5.84. The summed E-state index contributed by atoms with van der Waals surface area (Å²) in [4.78, 5) is 7.66. The van der Waals surface area contributed by atoms with Crippen molar-refractivity contribution in [1.29, 1.82) is 0 Å². The maximum absolute atomic E-state index is 5.84. The fraction of sp³-hybridized carbons (Fsp3) is 0.600. The maximum Gasteiger partial charge on any atom is 0.237 e. The molecule has 1 heterocycles. The van der Waals surface area contributed by atoms with Crippen LogP contribution in [0.15, 0.2) is 6.20 Å². The summed E-state index contributed by atoms with van der Waals surface area (Å²) in [7, 11) is 0. The Labute approximate surface area is 94.8 Å². The monoisotopic (exact) mass is 229 g/mol. The molecular formula is C10H16ClN3O. The van der Waals surface area contributed by atoms with E-state index in [1.54, 1.807) is 0 Å². The van der Waals surface area contributed by atoms with Gasteiger partial charge in [-0.25, -0.2) is 4.98 Å². The molecule has 0 aliphatic rings. The highest BCUT2D eigenvalue weighted by molar-refractivity contribution is 6.31. The Morgan fingerprint density at radius 3 is 2.73 bits per heavy atom. The largest absolute Gasteiger partial charge is 0.476 e. The van der Waals surface area contributed by atoms with Crippen molar-refractivity contribution in [2.75, 3.05) is 12.3 Å². The number of rotatable bonds is 3. The minimum Gasteiger partial charge on any atom is -0.476 e. The third kappa shape index (κ3) is 4.34. The predicted octanol–water partition coefficient (Wildman–Crippen LogP) is 2.53. The molecule has 4 nitrogen and oxygen atoms in total. The molecule has 0 aliphatic heterocycles. The molecule has 2 N–H and O–H groups in total. The van der Waals surface area contributed by atoms with Gasteiger partial charge >= 0.3 is 0 Å². The number of nitrogens with zero attached hydrogens (tertiary/aromatic N) is 2. The molecule has 0 fully saturated rings.